The van der Waals surface area contributed by atoms with Crippen molar-refractivity contribution in [2.45, 2.75) is 78.7 Å². The molecule has 4 heteroatoms. The zero-order chi connectivity index (χ0) is 19.2. The summed E-state index contributed by atoms with van der Waals surface area (Å²) in [5.41, 5.74) is 0.956. The van der Waals surface area contributed by atoms with Gasteiger partial charge < -0.3 is 9.47 Å². The Morgan fingerprint density at radius 3 is 2.48 bits per heavy atom. The van der Waals surface area contributed by atoms with E-state index in [-0.39, 0.29) is 28.3 Å². The van der Waals surface area contributed by atoms with E-state index in [1.54, 1.807) is 6.92 Å². The zero-order valence-corrected chi connectivity index (χ0v) is 17.3. The van der Waals surface area contributed by atoms with Gasteiger partial charge in [-0.1, -0.05) is 27.2 Å². The summed E-state index contributed by atoms with van der Waals surface area (Å²) >= 11 is 0. The van der Waals surface area contributed by atoms with Gasteiger partial charge in [-0.25, -0.2) is 0 Å². The first kappa shape index (κ1) is 18.0. The summed E-state index contributed by atoms with van der Waals surface area (Å²) < 4.78 is 11.4. The van der Waals surface area contributed by atoms with Gasteiger partial charge in [-0.2, -0.15) is 0 Å². The van der Waals surface area contributed by atoms with Crippen molar-refractivity contribution in [2.75, 3.05) is 6.61 Å². The van der Waals surface area contributed by atoms with Gasteiger partial charge in [0.05, 0.1) is 6.61 Å². The second-order valence-corrected chi connectivity index (χ2v) is 11.4. The average molecular weight is 375 g/mol. The van der Waals surface area contributed by atoms with E-state index in [9.17, 15) is 9.59 Å². The van der Waals surface area contributed by atoms with Gasteiger partial charge in [0.1, 0.15) is 6.10 Å². The summed E-state index contributed by atoms with van der Waals surface area (Å²) in [6.07, 6.45) is 8.39. The van der Waals surface area contributed by atoms with Crippen molar-refractivity contribution in [3.05, 3.63) is 0 Å². The van der Waals surface area contributed by atoms with Gasteiger partial charge in [-0.15, -0.1) is 0 Å². The number of rotatable bonds is 4. The molecular weight excluding hydrogens is 340 g/mol. The van der Waals surface area contributed by atoms with Crippen LogP contribution in [0.25, 0.3) is 0 Å². The van der Waals surface area contributed by atoms with E-state index >= 15 is 0 Å². The third-order valence-corrected chi connectivity index (χ3v) is 10.3. The van der Waals surface area contributed by atoms with E-state index in [1.807, 2.05) is 0 Å². The Kier molecular flexibility index (Phi) is 3.53. The third-order valence-electron chi connectivity index (χ3n) is 10.3. The predicted molar refractivity (Wildman–Crippen MR) is 101 cm³/mol. The van der Waals surface area contributed by atoms with Gasteiger partial charge in [-0.3, -0.25) is 9.59 Å². The highest BCUT2D eigenvalue weighted by Gasteiger charge is 2.80. The van der Waals surface area contributed by atoms with Gasteiger partial charge in [0.15, 0.2) is 0 Å². The lowest BCUT2D eigenvalue weighted by atomic mass is 9.39. The van der Waals surface area contributed by atoms with Crippen LogP contribution in [0.4, 0.5) is 0 Å². The summed E-state index contributed by atoms with van der Waals surface area (Å²) in [6.45, 7) is 9.96. The number of hydrogen-bond acceptors (Lipinski definition) is 4. The first-order valence-electron chi connectivity index (χ1n) is 10.9. The maximum Gasteiger partial charge on any atom is 0.302 e. The molecule has 6 aliphatic rings. The first-order chi connectivity index (χ1) is 12.7. The number of esters is 1. The smallest absolute Gasteiger partial charge is 0.302 e. The number of carbonyl (C=O) groups is 2. The Labute approximate surface area is 162 Å². The Bertz CT molecular complexity index is 690. The van der Waals surface area contributed by atoms with Gasteiger partial charge in [0.2, 0.25) is 0 Å². The fourth-order valence-electron chi connectivity index (χ4n) is 9.38. The molecule has 4 nitrogen and oxygen atoms in total. The topological polar surface area (TPSA) is 52.6 Å². The van der Waals surface area contributed by atoms with Crippen LogP contribution in [0.15, 0.2) is 0 Å². The van der Waals surface area contributed by atoms with Crippen molar-refractivity contribution in [3.63, 3.8) is 0 Å². The lowest BCUT2D eigenvalue weighted by molar-refractivity contribution is -0.229. The van der Waals surface area contributed by atoms with Crippen molar-refractivity contribution in [1.29, 1.82) is 0 Å². The average Bonchev–Trinajstić information content (AvgIpc) is 3.05. The van der Waals surface area contributed by atoms with Crippen LogP contribution in [-0.2, 0) is 19.1 Å². The molecule has 6 fully saturated rings. The van der Waals surface area contributed by atoms with Crippen LogP contribution in [0, 0.1) is 45.3 Å². The molecule has 6 aliphatic carbocycles. The number of fused-ring (bicyclic) bond motifs is 1. The summed E-state index contributed by atoms with van der Waals surface area (Å²) in [5, 5.41) is 0. The van der Waals surface area contributed by atoms with Crippen molar-refractivity contribution < 1.29 is 19.1 Å². The Balaban J connectivity index is 1.55. The maximum atomic E-state index is 12.0. The van der Waals surface area contributed by atoms with Crippen molar-refractivity contribution in [2.24, 2.45) is 45.3 Å². The number of ether oxygens (including phenoxy) is 2. The molecule has 0 aromatic heterocycles. The SMILES string of the molecule is CC(=O)O[C@H]1C[C@@H]2[C@@](C)(COC=O)CCC[C@@]2(C)[C@@H]2C[C@@H]3[C@@H]4C[C@]12C[C@]34C. The molecule has 9 atom stereocenters. The Morgan fingerprint density at radius 1 is 1.07 bits per heavy atom. The summed E-state index contributed by atoms with van der Waals surface area (Å²) in [7, 11) is 0. The van der Waals surface area contributed by atoms with Gasteiger partial charge in [-0.05, 0) is 73.0 Å². The Hall–Kier alpha value is -1.06. The molecule has 27 heavy (non-hydrogen) atoms. The minimum absolute atomic E-state index is 0.0125. The molecule has 150 valence electrons. The van der Waals surface area contributed by atoms with Crippen LogP contribution in [0.2, 0.25) is 0 Å². The molecule has 0 radical (unpaired) electrons. The van der Waals surface area contributed by atoms with Crippen LogP contribution in [0.3, 0.4) is 0 Å². The van der Waals surface area contributed by atoms with Crippen molar-refractivity contribution in [3.8, 4) is 0 Å². The molecule has 6 rings (SSSR count). The second kappa shape index (κ2) is 5.30. The van der Waals surface area contributed by atoms with Crippen LogP contribution in [0.5, 0.6) is 0 Å². The molecule has 0 amide bonds. The minimum Gasteiger partial charge on any atom is -0.467 e. The van der Waals surface area contributed by atoms with E-state index in [0.29, 0.717) is 30.3 Å². The molecule has 0 N–H and O–H groups in total. The largest absolute Gasteiger partial charge is 0.467 e. The quantitative estimate of drug-likeness (QED) is 0.542. The summed E-state index contributed by atoms with van der Waals surface area (Å²) in [6, 6.07) is 0. The van der Waals surface area contributed by atoms with Crippen LogP contribution in [0.1, 0.15) is 72.6 Å². The molecule has 4 bridgehead atoms. The van der Waals surface area contributed by atoms with Crippen molar-refractivity contribution in [1.82, 2.24) is 0 Å². The number of carbonyl (C=O) groups excluding carboxylic acids is 2. The van der Waals surface area contributed by atoms with Crippen LogP contribution < -0.4 is 0 Å². The molecule has 0 aromatic carbocycles. The number of hydrogen-bond donors (Lipinski definition) is 0. The van der Waals surface area contributed by atoms with E-state index in [1.165, 1.54) is 32.1 Å². The molecule has 0 heterocycles. The highest BCUT2D eigenvalue weighted by Crippen LogP contribution is 2.85. The van der Waals surface area contributed by atoms with Crippen molar-refractivity contribution >= 4 is 12.4 Å². The second-order valence-electron chi connectivity index (χ2n) is 11.4. The standard InChI is InChI=1S/C23H34O4/c1-14(25)27-19-9-17-20(2,12-26-13-24)6-5-7-21(17,3)18-8-15-16-10-23(18,19)11-22(15,16)4/h13,15-19H,5-12H2,1-4H3/t15-,16+,17-,18+,19+,20-,21-,22-,23-/m1/s1. The van der Waals surface area contributed by atoms with Crippen LogP contribution >= 0.6 is 0 Å². The lowest BCUT2D eigenvalue weighted by Crippen LogP contribution is -2.64. The van der Waals surface area contributed by atoms with Gasteiger partial charge >= 0.3 is 5.97 Å². The van der Waals surface area contributed by atoms with E-state index in [4.69, 9.17) is 9.47 Å². The first-order valence-corrected chi connectivity index (χ1v) is 10.9. The molecule has 0 unspecified atom stereocenters. The minimum atomic E-state index is -0.133. The van der Waals surface area contributed by atoms with E-state index in [2.05, 4.69) is 20.8 Å². The predicted octanol–water partition coefficient (Wildman–Crippen LogP) is 4.36. The highest BCUT2D eigenvalue weighted by molar-refractivity contribution is 5.66. The van der Waals surface area contributed by atoms with Crippen LogP contribution in [-0.4, -0.2) is 25.2 Å². The van der Waals surface area contributed by atoms with Gasteiger partial charge in [0.25, 0.3) is 6.47 Å². The molecule has 1 spiro atoms. The Morgan fingerprint density at radius 2 is 1.85 bits per heavy atom. The maximum absolute atomic E-state index is 12.0. The fraction of sp³-hybridized carbons (Fsp3) is 0.913. The fourth-order valence-corrected chi connectivity index (χ4v) is 9.38. The normalized spacial score (nSPS) is 57.3. The van der Waals surface area contributed by atoms with E-state index in [0.717, 1.165) is 24.7 Å². The molecular formula is C23H34O4. The lowest BCUT2D eigenvalue weighted by Gasteiger charge is -2.67. The molecule has 0 saturated heterocycles. The zero-order valence-electron chi connectivity index (χ0n) is 17.3. The summed E-state index contributed by atoms with van der Waals surface area (Å²) in [5.74, 6) is 2.70. The third kappa shape index (κ3) is 2.11. The monoisotopic (exact) mass is 374 g/mol. The summed E-state index contributed by atoms with van der Waals surface area (Å²) in [4.78, 5) is 22.9. The van der Waals surface area contributed by atoms with E-state index < -0.39 is 0 Å². The highest BCUT2D eigenvalue weighted by atomic mass is 16.5. The van der Waals surface area contributed by atoms with Gasteiger partial charge in [0, 0.05) is 17.8 Å². The molecule has 6 saturated carbocycles. The molecule has 0 aromatic rings. The molecule has 0 aliphatic heterocycles.